The fraction of sp³-hybridized carbons (Fsp3) is 0.300. The highest BCUT2D eigenvalue weighted by Gasteiger charge is 2.11. The Morgan fingerprint density at radius 2 is 2.21 bits per heavy atom. The Morgan fingerprint density at radius 3 is 2.79 bits per heavy atom. The zero-order chi connectivity index (χ0) is 10.6. The average molecular weight is 195 g/mol. The van der Waals surface area contributed by atoms with E-state index in [2.05, 4.69) is 9.57 Å². The molecule has 0 saturated carbocycles. The van der Waals surface area contributed by atoms with Crippen LogP contribution < -0.4 is 5.90 Å². The Balaban J connectivity index is 3.08. The predicted molar refractivity (Wildman–Crippen MR) is 51.5 cm³/mol. The zero-order valence-corrected chi connectivity index (χ0v) is 8.24. The Kier molecular flexibility index (Phi) is 3.62. The van der Waals surface area contributed by atoms with E-state index in [1.807, 2.05) is 13.0 Å². The van der Waals surface area contributed by atoms with Crippen molar-refractivity contribution >= 4 is 5.97 Å². The fourth-order valence-electron chi connectivity index (χ4n) is 1.21. The Morgan fingerprint density at radius 1 is 1.50 bits per heavy atom. The standard InChI is InChI=1S/C10H13NO3/c1-7-3-4-8(6-14-11)9(5-7)10(12)13-2/h3-5H,6,11H2,1-2H3. The number of benzene rings is 1. The molecule has 0 aliphatic carbocycles. The van der Waals surface area contributed by atoms with Gasteiger partial charge in [-0.15, -0.1) is 0 Å². The summed E-state index contributed by atoms with van der Waals surface area (Å²) in [4.78, 5) is 15.8. The number of nitrogens with two attached hydrogens (primary N) is 1. The van der Waals surface area contributed by atoms with Gasteiger partial charge in [0.05, 0.1) is 19.3 Å². The number of carbonyl (C=O) groups is 1. The van der Waals surface area contributed by atoms with Crippen molar-refractivity contribution in [2.24, 2.45) is 5.90 Å². The van der Waals surface area contributed by atoms with E-state index in [1.54, 1.807) is 12.1 Å². The van der Waals surface area contributed by atoms with E-state index in [9.17, 15) is 4.79 Å². The minimum absolute atomic E-state index is 0.199. The fourth-order valence-corrected chi connectivity index (χ4v) is 1.21. The second-order valence-electron chi connectivity index (χ2n) is 2.96. The van der Waals surface area contributed by atoms with Gasteiger partial charge in [-0.1, -0.05) is 17.7 Å². The Bertz CT molecular complexity index is 336. The molecule has 1 aromatic carbocycles. The number of methoxy groups -OCH3 is 1. The summed E-state index contributed by atoms with van der Waals surface area (Å²) in [6.07, 6.45) is 0. The van der Waals surface area contributed by atoms with Gasteiger partial charge in [0.2, 0.25) is 0 Å². The van der Waals surface area contributed by atoms with Gasteiger partial charge >= 0.3 is 5.97 Å². The summed E-state index contributed by atoms with van der Waals surface area (Å²) in [6.45, 7) is 2.10. The summed E-state index contributed by atoms with van der Waals surface area (Å²) < 4.78 is 4.64. The number of hydrogen-bond acceptors (Lipinski definition) is 4. The van der Waals surface area contributed by atoms with Gasteiger partial charge in [-0.05, 0) is 18.6 Å². The van der Waals surface area contributed by atoms with Gasteiger partial charge in [-0.2, -0.15) is 0 Å². The minimum Gasteiger partial charge on any atom is -0.465 e. The highest BCUT2D eigenvalue weighted by molar-refractivity contribution is 5.91. The third-order valence-electron chi connectivity index (χ3n) is 1.91. The van der Waals surface area contributed by atoms with Gasteiger partial charge in [0, 0.05) is 0 Å². The van der Waals surface area contributed by atoms with Crippen LogP contribution in [0.2, 0.25) is 0 Å². The molecule has 76 valence electrons. The van der Waals surface area contributed by atoms with Crippen molar-refractivity contribution in [1.29, 1.82) is 0 Å². The number of esters is 1. The lowest BCUT2D eigenvalue weighted by molar-refractivity contribution is 0.0592. The summed E-state index contributed by atoms with van der Waals surface area (Å²) in [5.74, 6) is 4.58. The molecule has 14 heavy (non-hydrogen) atoms. The molecule has 2 N–H and O–H groups in total. The van der Waals surface area contributed by atoms with E-state index in [-0.39, 0.29) is 12.6 Å². The first-order valence-corrected chi connectivity index (χ1v) is 4.18. The van der Waals surface area contributed by atoms with E-state index in [0.717, 1.165) is 11.1 Å². The van der Waals surface area contributed by atoms with Crippen LogP contribution in [0.1, 0.15) is 21.5 Å². The van der Waals surface area contributed by atoms with Crippen molar-refractivity contribution in [2.75, 3.05) is 7.11 Å². The van der Waals surface area contributed by atoms with Crippen LogP contribution in [-0.2, 0) is 16.2 Å². The summed E-state index contributed by atoms with van der Waals surface area (Å²) in [5, 5.41) is 0. The van der Waals surface area contributed by atoms with Gasteiger partial charge in [-0.25, -0.2) is 10.7 Å². The summed E-state index contributed by atoms with van der Waals surface area (Å²) in [7, 11) is 1.34. The maximum atomic E-state index is 11.3. The number of carbonyl (C=O) groups excluding carboxylic acids is 1. The summed E-state index contributed by atoms with van der Waals surface area (Å²) in [6, 6.07) is 5.44. The number of ether oxygens (including phenoxy) is 1. The van der Waals surface area contributed by atoms with Crippen molar-refractivity contribution in [1.82, 2.24) is 0 Å². The van der Waals surface area contributed by atoms with Crippen LogP contribution in [0.15, 0.2) is 18.2 Å². The van der Waals surface area contributed by atoms with Crippen molar-refractivity contribution in [3.05, 3.63) is 34.9 Å². The Hall–Kier alpha value is -1.39. The molecular weight excluding hydrogens is 182 g/mol. The molecule has 0 bridgehead atoms. The maximum Gasteiger partial charge on any atom is 0.338 e. The lowest BCUT2D eigenvalue weighted by atomic mass is 10.1. The van der Waals surface area contributed by atoms with E-state index in [0.29, 0.717) is 5.56 Å². The third kappa shape index (κ3) is 2.31. The van der Waals surface area contributed by atoms with Crippen LogP contribution in [0.4, 0.5) is 0 Å². The molecule has 4 nitrogen and oxygen atoms in total. The van der Waals surface area contributed by atoms with Gasteiger partial charge < -0.3 is 4.74 Å². The molecule has 0 heterocycles. The highest BCUT2D eigenvalue weighted by Crippen LogP contribution is 2.13. The molecule has 0 aliphatic heterocycles. The van der Waals surface area contributed by atoms with Crippen LogP contribution in [0.3, 0.4) is 0 Å². The topological polar surface area (TPSA) is 61.5 Å². The molecule has 0 radical (unpaired) electrons. The van der Waals surface area contributed by atoms with Crippen molar-refractivity contribution in [3.63, 3.8) is 0 Å². The summed E-state index contributed by atoms with van der Waals surface area (Å²) in [5.41, 5.74) is 2.22. The Labute approximate surface area is 82.6 Å². The smallest absolute Gasteiger partial charge is 0.338 e. The normalized spacial score (nSPS) is 9.93. The van der Waals surface area contributed by atoms with Crippen LogP contribution in [0.5, 0.6) is 0 Å². The molecule has 0 atom stereocenters. The van der Waals surface area contributed by atoms with Gasteiger partial charge in [-0.3, -0.25) is 4.84 Å². The van der Waals surface area contributed by atoms with Gasteiger partial charge in [0.15, 0.2) is 0 Å². The molecule has 1 rings (SSSR count). The molecule has 0 saturated heterocycles. The lowest BCUT2D eigenvalue weighted by Gasteiger charge is -2.07. The molecule has 0 aromatic heterocycles. The predicted octanol–water partition coefficient (Wildman–Crippen LogP) is 1.17. The second-order valence-corrected chi connectivity index (χ2v) is 2.96. The molecule has 0 aliphatic rings. The van der Waals surface area contributed by atoms with Crippen LogP contribution in [0.25, 0.3) is 0 Å². The van der Waals surface area contributed by atoms with Crippen molar-refractivity contribution in [3.8, 4) is 0 Å². The minimum atomic E-state index is -0.374. The molecule has 0 spiro atoms. The van der Waals surface area contributed by atoms with Crippen LogP contribution in [0, 0.1) is 6.92 Å². The second kappa shape index (κ2) is 4.74. The summed E-state index contributed by atoms with van der Waals surface area (Å²) >= 11 is 0. The first-order valence-electron chi connectivity index (χ1n) is 4.18. The largest absolute Gasteiger partial charge is 0.465 e. The molecule has 0 unspecified atom stereocenters. The highest BCUT2D eigenvalue weighted by atomic mass is 16.6. The number of hydrogen-bond donors (Lipinski definition) is 1. The first-order chi connectivity index (χ1) is 6.69. The quantitative estimate of drug-likeness (QED) is 0.581. The number of aryl methyl sites for hydroxylation is 1. The number of rotatable bonds is 3. The zero-order valence-electron chi connectivity index (χ0n) is 8.24. The molecule has 0 fully saturated rings. The van der Waals surface area contributed by atoms with E-state index in [4.69, 9.17) is 5.90 Å². The first kappa shape index (κ1) is 10.7. The monoisotopic (exact) mass is 195 g/mol. The average Bonchev–Trinajstić information content (AvgIpc) is 2.20. The van der Waals surface area contributed by atoms with Crippen LogP contribution >= 0.6 is 0 Å². The molecule has 0 amide bonds. The van der Waals surface area contributed by atoms with Crippen molar-refractivity contribution in [2.45, 2.75) is 13.5 Å². The van der Waals surface area contributed by atoms with Crippen molar-refractivity contribution < 1.29 is 14.4 Å². The lowest BCUT2D eigenvalue weighted by Crippen LogP contribution is -2.09. The van der Waals surface area contributed by atoms with Gasteiger partial charge in [0.25, 0.3) is 0 Å². The maximum absolute atomic E-state index is 11.3. The third-order valence-corrected chi connectivity index (χ3v) is 1.91. The molecule has 4 heteroatoms. The van der Waals surface area contributed by atoms with E-state index in [1.165, 1.54) is 7.11 Å². The molecular formula is C10H13NO3. The van der Waals surface area contributed by atoms with Gasteiger partial charge in [0.1, 0.15) is 0 Å². The van der Waals surface area contributed by atoms with Crippen LogP contribution in [-0.4, -0.2) is 13.1 Å². The van der Waals surface area contributed by atoms with E-state index < -0.39 is 0 Å². The molecule has 1 aromatic rings. The van der Waals surface area contributed by atoms with E-state index >= 15 is 0 Å². The SMILES string of the molecule is COC(=O)c1cc(C)ccc1CON.